The van der Waals surface area contributed by atoms with Crippen LogP contribution >= 0.6 is 27.3 Å². The van der Waals surface area contributed by atoms with E-state index in [9.17, 15) is 24.6 Å². The Kier molecular flexibility index (Phi) is 7.74. The summed E-state index contributed by atoms with van der Waals surface area (Å²) in [7, 11) is 1.35. The van der Waals surface area contributed by atoms with E-state index in [4.69, 9.17) is 18.9 Å². The van der Waals surface area contributed by atoms with Gasteiger partial charge in [-0.05, 0) is 58.7 Å². The highest BCUT2D eigenvalue weighted by Gasteiger charge is 2.49. The van der Waals surface area contributed by atoms with Crippen LogP contribution in [0.2, 0.25) is 0 Å². The van der Waals surface area contributed by atoms with Crippen molar-refractivity contribution in [3.8, 4) is 23.0 Å². The van der Waals surface area contributed by atoms with Crippen LogP contribution in [0.3, 0.4) is 0 Å². The standard InChI is InChI=1S/C28H23BrN2O9S/c1-4-7-40-27(36)25-13(2)30-28(41-25)31-21(15-10-16(29)23(33)19(12-15)37-3)20(24(34)26(31)35)22(32)14-5-6-17-18(11-14)39-9-8-38-17/h4-6,10-12,21,32-33H,1,7-9H2,2-3H3/t21-/m1/s1. The molecule has 2 N–H and O–H groups in total. The third-order valence-corrected chi connectivity index (χ3v) is 8.10. The summed E-state index contributed by atoms with van der Waals surface area (Å²) in [5.74, 6) is -2.36. The topological polar surface area (TPSA) is 145 Å². The number of rotatable bonds is 7. The Morgan fingerprint density at radius 3 is 2.68 bits per heavy atom. The fraction of sp³-hybridized carbons (Fsp3) is 0.214. The molecule has 3 heterocycles. The number of aromatic nitrogens is 1. The second-order valence-electron chi connectivity index (χ2n) is 8.88. The number of Topliss-reactive ketones (excluding diaryl/α,β-unsaturated/α-hetero) is 1. The first kappa shape index (κ1) is 28.2. The van der Waals surface area contributed by atoms with E-state index in [-0.39, 0.29) is 49.4 Å². The minimum absolute atomic E-state index is 0.0209. The van der Waals surface area contributed by atoms with Gasteiger partial charge in [0.1, 0.15) is 30.5 Å². The number of aryl methyl sites for hydroxylation is 1. The maximum Gasteiger partial charge on any atom is 0.350 e. The minimum Gasteiger partial charge on any atom is -0.507 e. The number of phenols is 1. The summed E-state index contributed by atoms with van der Waals surface area (Å²) in [5, 5.41) is 21.9. The van der Waals surface area contributed by atoms with Gasteiger partial charge in [0.05, 0.1) is 28.9 Å². The molecule has 212 valence electrons. The van der Waals surface area contributed by atoms with E-state index in [1.807, 2.05) is 0 Å². The van der Waals surface area contributed by atoms with Crippen LogP contribution in [0.5, 0.6) is 23.0 Å². The van der Waals surface area contributed by atoms with E-state index in [1.165, 1.54) is 31.4 Å². The molecule has 0 spiro atoms. The molecule has 1 amide bonds. The molecule has 1 atom stereocenters. The number of aromatic hydroxyl groups is 1. The van der Waals surface area contributed by atoms with Gasteiger partial charge in [-0.25, -0.2) is 9.78 Å². The van der Waals surface area contributed by atoms with Gasteiger partial charge in [-0.15, -0.1) is 0 Å². The van der Waals surface area contributed by atoms with Crippen LogP contribution < -0.4 is 19.1 Å². The molecule has 1 saturated heterocycles. The molecule has 0 saturated carbocycles. The van der Waals surface area contributed by atoms with Crippen molar-refractivity contribution >= 4 is 55.8 Å². The molecule has 0 radical (unpaired) electrons. The summed E-state index contributed by atoms with van der Waals surface area (Å²) in [6, 6.07) is 6.39. The summed E-state index contributed by atoms with van der Waals surface area (Å²) in [6.45, 7) is 5.76. The zero-order valence-corrected chi connectivity index (χ0v) is 24.2. The second kappa shape index (κ2) is 11.3. The molecule has 5 rings (SSSR count). The molecule has 1 fully saturated rings. The quantitative estimate of drug-likeness (QED) is 0.123. The second-order valence-corrected chi connectivity index (χ2v) is 10.7. The maximum atomic E-state index is 13.6. The average Bonchev–Trinajstić information content (AvgIpc) is 3.48. The van der Waals surface area contributed by atoms with E-state index in [0.717, 1.165) is 16.2 Å². The van der Waals surface area contributed by atoms with Crippen molar-refractivity contribution in [1.82, 2.24) is 4.98 Å². The van der Waals surface area contributed by atoms with Crippen molar-refractivity contribution in [2.45, 2.75) is 13.0 Å². The van der Waals surface area contributed by atoms with Gasteiger partial charge in [-0.1, -0.05) is 24.0 Å². The van der Waals surface area contributed by atoms with E-state index >= 15 is 0 Å². The number of nitrogens with zero attached hydrogens (tertiary/aromatic N) is 2. The number of ketones is 1. The van der Waals surface area contributed by atoms with Crippen molar-refractivity contribution < 1.29 is 43.5 Å². The van der Waals surface area contributed by atoms with Crippen molar-refractivity contribution in [2.24, 2.45) is 0 Å². The number of anilines is 1. The highest BCUT2D eigenvalue weighted by molar-refractivity contribution is 9.10. The summed E-state index contributed by atoms with van der Waals surface area (Å²) < 4.78 is 21.8. The highest BCUT2D eigenvalue weighted by Crippen LogP contribution is 2.47. The Balaban J connectivity index is 1.70. The predicted octanol–water partition coefficient (Wildman–Crippen LogP) is 4.67. The number of phenolic OH excluding ortho intramolecular Hbond substituents is 1. The number of fused-ring (bicyclic) bond motifs is 1. The van der Waals surface area contributed by atoms with Crippen LogP contribution in [0.25, 0.3) is 5.76 Å². The van der Waals surface area contributed by atoms with E-state index in [2.05, 4.69) is 27.5 Å². The molecule has 3 aromatic rings. The number of ether oxygens (including phenoxy) is 4. The Labute approximate surface area is 246 Å². The van der Waals surface area contributed by atoms with Crippen molar-refractivity contribution in [2.75, 3.05) is 31.8 Å². The van der Waals surface area contributed by atoms with Crippen LogP contribution in [0.1, 0.15) is 32.5 Å². The SMILES string of the molecule is C=CCOC(=O)c1sc(N2C(=O)C(=O)C(=C(O)c3ccc4c(c3)OCCO4)[C@H]2c2cc(Br)c(O)c(OC)c2)nc1C. The van der Waals surface area contributed by atoms with Gasteiger partial charge in [0, 0.05) is 5.56 Å². The molecule has 41 heavy (non-hydrogen) atoms. The molecule has 0 unspecified atom stereocenters. The summed E-state index contributed by atoms with van der Waals surface area (Å²) in [5.41, 5.74) is 0.575. The minimum atomic E-state index is -1.21. The van der Waals surface area contributed by atoms with Gasteiger partial charge in [0.25, 0.3) is 5.78 Å². The molecule has 11 nitrogen and oxygen atoms in total. The van der Waals surface area contributed by atoms with Gasteiger partial charge < -0.3 is 29.2 Å². The molecule has 13 heteroatoms. The average molecular weight is 643 g/mol. The van der Waals surface area contributed by atoms with Crippen molar-refractivity contribution in [3.63, 3.8) is 0 Å². The van der Waals surface area contributed by atoms with Crippen LogP contribution in [0.4, 0.5) is 5.13 Å². The number of esters is 1. The molecule has 2 aliphatic heterocycles. The Morgan fingerprint density at radius 2 is 1.98 bits per heavy atom. The molecular formula is C28H23BrN2O9S. The monoisotopic (exact) mass is 642 g/mol. The number of hydrogen-bond donors (Lipinski definition) is 2. The van der Waals surface area contributed by atoms with E-state index in [0.29, 0.717) is 30.3 Å². The zero-order chi connectivity index (χ0) is 29.4. The number of aliphatic hydroxyl groups excluding tert-OH is 1. The Bertz CT molecular complexity index is 1630. The highest BCUT2D eigenvalue weighted by atomic mass is 79.9. The number of thiazole rings is 1. The van der Waals surface area contributed by atoms with Crippen molar-refractivity contribution in [3.05, 3.63) is 74.7 Å². The summed E-state index contributed by atoms with van der Waals surface area (Å²) in [6.07, 6.45) is 1.42. The largest absolute Gasteiger partial charge is 0.507 e. The Hall–Kier alpha value is -4.36. The fourth-order valence-corrected chi connectivity index (χ4v) is 5.92. The third-order valence-electron chi connectivity index (χ3n) is 6.36. The third kappa shape index (κ3) is 5.02. The van der Waals surface area contributed by atoms with Crippen molar-refractivity contribution in [1.29, 1.82) is 0 Å². The number of hydrogen-bond acceptors (Lipinski definition) is 11. The van der Waals surface area contributed by atoms with Crippen LogP contribution in [0, 0.1) is 6.92 Å². The van der Waals surface area contributed by atoms with Gasteiger partial charge in [-0.3, -0.25) is 14.5 Å². The normalized spacial score (nSPS) is 17.4. The smallest absolute Gasteiger partial charge is 0.350 e. The molecule has 2 aliphatic rings. The first-order valence-corrected chi connectivity index (χ1v) is 13.8. The number of halogens is 1. The van der Waals surface area contributed by atoms with Gasteiger partial charge in [0.2, 0.25) is 0 Å². The lowest BCUT2D eigenvalue weighted by Gasteiger charge is -2.24. The van der Waals surface area contributed by atoms with E-state index < -0.39 is 29.5 Å². The number of methoxy groups -OCH3 is 1. The Morgan fingerprint density at radius 1 is 1.24 bits per heavy atom. The lowest BCUT2D eigenvalue weighted by atomic mass is 9.95. The molecule has 0 bridgehead atoms. The van der Waals surface area contributed by atoms with Gasteiger partial charge in [0.15, 0.2) is 28.1 Å². The lowest BCUT2D eigenvalue weighted by Crippen LogP contribution is -2.29. The zero-order valence-electron chi connectivity index (χ0n) is 21.8. The number of benzene rings is 2. The predicted molar refractivity (Wildman–Crippen MR) is 152 cm³/mol. The summed E-state index contributed by atoms with van der Waals surface area (Å²) in [4.78, 5) is 45.4. The number of carbonyl (C=O) groups is 3. The first-order valence-electron chi connectivity index (χ1n) is 12.2. The van der Waals surface area contributed by atoms with Gasteiger partial charge in [-0.2, -0.15) is 0 Å². The van der Waals surface area contributed by atoms with Crippen LogP contribution in [0.15, 0.2) is 53.0 Å². The van der Waals surface area contributed by atoms with E-state index in [1.54, 1.807) is 19.1 Å². The number of aliphatic hydroxyl groups is 1. The van der Waals surface area contributed by atoms with Crippen LogP contribution in [-0.4, -0.2) is 59.8 Å². The molecular weight excluding hydrogens is 620 g/mol. The number of carbonyl (C=O) groups excluding carboxylic acids is 3. The lowest BCUT2D eigenvalue weighted by molar-refractivity contribution is -0.132. The van der Waals surface area contributed by atoms with Gasteiger partial charge >= 0.3 is 11.9 Å². The maximum absolute atomic E-state index is 13.6. The summed E-state index contributed by atoms with van der Waals surface area (Å²) >= 11 is 4.15. The first-order chi connectivity index (χ1) is 19.7. The molecule has 1 aromatic heterocycles. The molecule has 0 aliphatic carbocycles. The fourth-order valence-electron chi connectivity index (χ4n) is 4.47. The number of amides is 1. The molecule has 2 aromatic carbocycles. The van der Waals surface area contributed by atoms with Crippen LogP contribution in [-0.2, 0) is 14.3 Å².